The average molecular weight is 279 g/mol. The van der Waals surface area contributed by atoms with Gasteiger partial charge in [-0.1, -0.05) is 6.92 Å². The van der Waals surface area contributed by atoms with E-state index in [0.29, 0.717) is 11.9 Å². The second-order valence-corrected chi connectivity index (χ2v) is 6.69. The van der Waals surface area contributed by atoms with Crippen molar-refractivity contribution in [3.05, 3.63) is 0 Å². The quantitative estimate of drug-likeness (QED) is 0.849. The fraction of sp³-hybridized carbons (Fsp3) is 0.938. The highest BCUT2D eigenvalue weighted by Crippen LogP contribution is 2.30. The van der Waals surface area contributed by atoms with Crippen LogP contribution in [0.4, 0.5) is 0 Å². The van der Waals surface area contributed by atoms with Gasteiger partial charge in [0.2, 0.25) is 5.91 Å². The van der Waals surface area contributed by atoms with Crippen LogP contribution in [-0.2, 0) is 4.79 Å². The largest absolute Gasteiger partial charge is 0.338 e. The molecule has 1 N–H and O–H groups in total. The Balaban J connectivity index is 1.59. The van der Waals surface area contributed by atoms with Crippen LogP contribution in [0.1, 0.15) is 51.9 Å². The van der Waals surface area contributed by atoms with E-state index < -0.39 is 0 Å². The topological polar surface area (TPSA) is 35.6 Å². The summed E-state index contributed by atoms with van der Waals surface area (Å²) < 4.78 is 0. The molecule has 0 bridgehead atoms. The van der Waals surface area contributed by atoms with Gasteiger partial charge in [-0.05, 0) is 58.0 Å². The zero-order valence-corrected chi connectivity index (χ0v) is 12.8. The number of amides is 1. The summed E-state index contributed by atoms with van der Waals surface area (Å²) in [6.07, 6.45) is 8.39. The highest BCUT2D eigenvalue weighted by atomic mass is 16.2. The van der Waals surface area contributed by atoms with E-state index >= 15 is 0 Å². The molecule has 0 spiro atoms. The van der Waals surface area contributed by atoms with Gasteiger partial charge in [0.1, 0.15) is 0 Å². The van der Waals surface area contributed by atoms with Crippen LogP contribution >= 0.6 is 0 Å². The maximum absolute atomic E-state index is 12.7. The third kappa shape index (κ3) is 2.86. The summed E-state index contributed by atoms with van der Waals surface area (Å²) in [4.78, 5) is 17.5. The average Bonchev–Trinajstić information content (AvgIpc) is 2.93. The molecule has 3 aliphatic heterocycles. The third-order valence-corrected chi connectivity index (χ3v) is 5.35. The molecule has 0 aromatic rings. The maximum Gasteiger partial charge on any atom is 0.239 e. The fourth-order valence-electron chi connectivity index (χ4n) is 4.26. The van der Waals surface area contributed by atoms with E-state index in [1.54, 1.807) is 0 Å². The first-order valence-electron chi connectivity index (χ1n) is 8.57. The first kappa shape index (κ1) is 14.3. The van der Waals surface area contributed by atoms with Crippen molar-refractivity contribution >= 4 is 5.91 Å². The zero-order valence-electron chi connectivity index (χ0n) is 12.8. The standard InChI is InChI=1S/C16H29N3O/c1-2-8-17-15-6-4-10-19(16(15)20)14-7-11-18-9-3-5-13(18)12-14/h13-15,17H,2-12H2,1H3. The molecular formula is C16H29N3O. The second kappa shape index (κ2) is 6.44. The summed E-state index contributed by atoms with van der Waals surface area (Å²) in [5, 5.41) is 3.43. The van der Waals surface area contributed by atoms with Crippen LogP contribution in [0.5, 0.6) is 0 Å². The molecule has 0 radical (unpaired) electrons. The minimum atomic E-state index is 0.0882. The molecule has 4 heteroatoms. The minimum absolute atomic E-state index is 0.0882. The van der Waals surface area contributed by atoms with E-state index in [9.17, 15) is 4.79 Å². The molecule has 0 aromatic carbocycles. The maximum atomic E-state index is 12.7. The number of piperidine rings is 2. The van der Waals surface area contributed by atoms with Crippen LogP contribution in [0.15, 0.2) is 0 Å². The lowest BCUT2D eigenvalue weighted by molar-refractivity contribution is -0.140. The Bertz CT molecular complexity index is 347. The Morgan fingerprint density at radius 2 is 1.95 bits per heavy atom. The van der Waals surface area contributed by atoms with Gasteiger partial charge >= 0.3 is 0 Å². The van der Waals surface area contributed by atoms with Crippen molar-refractivity contribution < 1.29 is 4.79 Å². The summed E-state index contributed by atoms with van der Waals surface area (Å²) in [7, 11) is 0. The van der Waals surface area contributed by atoms with Crippen molar-refractivity contribution in [3.8, 4) is 0 Å². The molecule has 0 aromatic heterocycles. The van der Waals surface area contributed by atoms with Crippen molar-refractivity contribution in [2.24, 2.45) is 0 Å². The van der Waals surface area contributed by atoms with Crippen LogP contribution in [0.3, 0.4) is 0 Å². The summed E-state index contributed by atoms with van der Waals surface area (Å²) in [6, 6.07) is 1.35. The number of nitrogens with zero attached hydrogens (tertiary/aromatic N) is 2. The van der Waals surface area contributed by atoms with Crippen LogP contribution in [0.2, 0.25) is 0 Å². The molecule has 0 saturated carbocycles. The second-order valence-electron chi connectivity index (χ2n) is 6.69. The highest BCUT2D eigenvalue weighted by Gasteiger charge is 2.38. The van der Waals surface area contributed by atoms with Crippen molar-refractivity contribution in [2.75, 3.05) is 26.2 Å². The van der Waals surface area contributed by atoms with Crippen LogP contribution in [0.25, 0.3) is 0 Å². The molecule has 3 heterocycles. The Labute approximate surface area is 122 Å². The number of rotatable bonds is 4. The Morgan fingerprint density at radius 1 is 1.10 bits per heavy atom. The summed E-state index contributed by atoms with van der Waals surface area (Å²) >= 11 is 0. The van der Waals surface area contributed by atoms with Gasteiger partial charge in [-0.25, -0.2) is 0 Å². The van der Waals surface area contributed by atoms with Gasteiger partial charge in [-0.2, -0.15) is 0 Å². The molecule has 4 nitrogen and oxygen atoms in total. The number of likely N-dealkylation sites (tertiary alicyclic amines) is 1. The van der Waals surface area contributed by atoms with Gasteiger partial charge < -0.3 is 15.1 Å². The van der Waals surface area contributed by atoms with E-state index in [1.807, 2.05) is 0 Å². The van der Waals surface area contributed by atoms with E-state index in [4.69, 9.17) is 0 Å². The molecule has 0 aliphatic carbocycles. The van der Waals surface area contributed by atoms with Crippen LogP contribution in [-0.4, -0.2) is 60.0 Å². The number of carbonyl (C=O) groups excluding carboxylic acids is 1. The van der Waals surface area contributed by atoms with E-state index in [2.05, 4.69) is 22.0 Å². The predicted octanol–water partition coefficient (Wildman–Crippen LogP) is 1.60. The van der Waals surface area contributed by atoms with Crippen molar-refractivity contribution in [2.45, 2.75) is 70.0 Å². The molecule has 1 amide bonds. The molecule has 20 heavy (non-hydrogen) atoms. The smallest absolute Gasteiger partial charge is 0.239 e. The van der Waals surface area contributed by atoms with Crippen LogP contribution in [0, 0.1) is 0 Å². The van der Waals surface area contributed by atoms with Crippen molar-refractivity contribution in [1.82, 2.24) is 15.1 Å². The summed E-state index contributed by atoms with van der Waals surface area (Å²) in [5.74, 6) is 0.376. The monoisotopic (exact) mass is 279 g/mol. The number of hydrogen-bond acceptors (Lipinski definition) is 3. The number of carbonyl (C=O) groups is 1. The lowest BCUT2D eigenvalue weighted by Gasteiger charge is -2.43. The van der Waals surface area contributed by atoms with Gasteiger partial charge in [0.25, 0.3) is 0 Å². The van der Waals surface area contributed by atoms with E-state index in [0.717, 1.165) is 38.4 Å². The lowest BCUT2D eigenvalue weighted by atomic mass is 9.93. The van der Waals surface area contributed by atoms with Gasteiger partial charge in [-0.15, -0.1) is 0 Å². The normalized spacial score (nSPS) is 35.4. The summed E-state index contributed by atoms with van der Waals surface area (Å²) in [5.41, 5.74) is 0. The number of nitrogens with one attached hydrogen (secondary N) is 1. The fourth-order valence-corrected chi connectivity index (χ4v) is 4.26. The molecule has 3 atom stereocenters. The number of hydrogen-bond donors (Lipinski definition) is 1. The van der Waals surface area contributed by atoms with Crippen molar-refractivity contribution in [1.29, 1.82) is 0 Å². The molecule has 3 aliphatic rings. The minimum Gasteiger partial charge on any atom is -0.338 e. The van der Waals surface area contributed by atoms with Gasteiger partial charge in [0, 0.05) is 25.2 Å². The SMILES string of the molecule is CCCNC1CCCN(C2CCN3CCCC3C2)C1=O. The molecular weight excluding hydrogens is 250 g/mol. The Kier molecular flexibility index (Phi) is 4.61. The van der Waals surface area contributed by atoms with Crippen molar-refractivity contribution in [3.63, 3.8) is 0 Å². The summed E-state index contributed by atoms with van der Waals surface area (Å²) in [6.45, 7) is 6.60. The van der Waals surface area contributed by atoms with Gasteiger partial charge in [-0.3, -0.25) is 4.79 Å². The van der Waals surface area contributed by atoms with Gasteiger partial charge in [0.15, 0.2) is 0 Å². The lowest BCUT2D eigenvalue weighted by Crippen LogP contribution is -2.57. The van der Waals surface area contributed by atoms with E-state index in [1.165, 1.54) is 38.8 Å². The Hall–Kier alpha value is -0.610. The van der Waals surface area contributed by atoms with E-state index in [-0.39, 0.29) is 6.04 Å². The molecule has 114 valence electrons. The molecule has 3 fully saturated rings. The predicted molar refractivity (Wildman–Crippen MR) is 80.6 cm³/mol. The highest BCUT2D eigenvalue weighted by molar-refractivity contribution is 5.83. The zero-order chi connectivity index (χ0) is 13.9. The first-order chi connectivity index (χ1) is 9.79. The molecule has 3 rings (SSSR count). The van der Waals surface area contributed by atoms with Crippen LogP contribution < -0.4 is 5.32 Å². The first-order valence-corrected chi connectivity index (χ1v) is 8.57. The third-order valence-electron chi connectivity index (χ3n) is 5.35. The molecule has 3 unspecified atom stereocenters. The number of fused-ring (bicyclic) bond motifs is 1. The van der Waals surface area contributed by atoms with Gasteiger partial charge in [0.05, 0.1) is 6.04 Å². The Morgan fingerprint density at radius 3 is 2.80 bits per heavy atom. The molecule has 3 saturated heterocycles.